The highest BCUT2D eigenvalue weighted by atomic mass is 15.3. The van der Waals surface area contributed by atoms with E-state index in [9.17, 15) is 0 Å². The molecule has 2 nitrogen and oxygen atoms in total. The van der Waals surface area contributed by atoms with E-state index in [-0.39, 0.29) is 0 Å². The molecular weight excluding hydrogens is 172 g/mol. The zero-order valence-corrected chi connectivity index (χ0v) is 8.57. The predicted octanol–water partition coefficient (Wildman–Crippen LogP) is 2.55. The SMILES string of the molecule is Cc1cccc(Cn2nccc2C)c1. The van der Waals surface area contributed by atoms with Crippen molar-refractivity contribution in [1.29, 1.82) is 0 Å². The number of nitrogens with zero attached hydrogens (tertiary/aromatic N) is 2. The van der Waals surface area contributed by atoms with Gasteiger partial charge in [-0.05, 0) is 25.5 Å². The molecule has 0 radical (unpaired) electrons. The van der Waals surface area contributed by atoms with Crippen molar-refractivity contribution in [2.45, 2.75) is 20.4 Å². The van der Waals surface area contributed by atoms with E-state index in [2.05, 4.69) is 43.2 Å². The molecule has 1 aromatic heterocycles. The van der Waals surface area contributed by atoms with Crippen LogP contribution in [0, 0.1) is 13.8 Å². The molecular formula is C12H14N2. The maximum absolute atomic E-state index is 4.26. The van der Waals surface area contributed by atoms with Gasteiger partial charge in [0.15, 0.2) is 0 Å². The molecule has 14 heavy (non-hydrogen) atoms. The highest BCUT2D eigenvalue weighted by Gasteiger charge is 1.98. The van der Waals surface area contributed by atoms with Crippen molar-refractivity contribution in [1.82, 2.24) is 9.78 Å². The summed E-state index contributed by atoms with van der Waals surface area (Å²) < 4.78 is 2.01. The first-order chi connectivity index (χ1) is 6.75. The molecule has 0 saturated carbocycles. The van der Waals surface area contributed by atoms with Gasteiger partial charge < -0.3 is 0 Å². The Hall–Kier alpha value is -1.57. The first-order valence-electron chi connectivity index (χ1n) is 4.79. The largest absolute Gasteiger partial charge is 0.265 e. The third-order valence-electron chi connectivity index (χ3n) is 2.34. The molecule has 72 valence electrons. The van der Waals surface area contributed by atoms with Gasteiger partial charge in [-0.2, -0.15) is 5.10 Å². The van der Waals surface area contributed by atoms with Gasteiger partial charge >= 0.3 is 0 Å². The Morgan fingerprint density at radius 3 is 2.71 bits per heavy atom. The summed E-state index contributed by atoms with van der Waals surface area (Å²) in [4.78, 5) is 0. The van der Waals surface area contributed by atoms with Crippen LogP contribution in [0.5, 0.6) is 0 Å². The number of hydrogen-bond acceptors (Lipinski definition) is 1. The van der Waals surface area contributed by atoms with Gasteiger partial charge in [0.2, 0.25) is 0 Å². The van der Waals surface area contributed by atoms with Crippen molar-refractivity contribution >= 4 is 0 Å². The molecule has 0 aliphatic heterocycles. The second-order valence-electron chi connectivity index (χ2n) is 3.62. The minimum absolute atomic E-state index is 0.862. The Labute approximate surface area is 84.2 Å². The van der Waals surface area contributed by atoms with Crippen molar-refractivity contribution in [2.24, 2.45) is 0 Å². The number of aryl methyl sites for hydroxylation is 2. The topological polar surface area (TPSA) is 17.8 Å². The molecule has 0 unspecified atom stereocenters. The molecule has 0 bridgehead atoms. The van der Waals surface area contributed by atoms with E-state index >= 15 is 0 Å². The van der Waals surface area contributed by atoms with E-state index in [0.29, 0.717) is 0 Å². The smallest absolute Gasteiger partial charge is 0.0662 e. The van der Waals surface area contributed by atoms with Crippen LogP contribution in [0.4, 0.5) is 0 Å². The third kappa shape index (κ3) is 1.84. The Kier molecular flexibility index (Phi) is 2.35. The molecule has 0 saturated heterocycles. The van der Waals surface area contributed by atoms with Crippen LogP contribution in [0.15, 0.2) is 36.5 Å². The van der Waals surface area contributed by atoms with E-state index in [0.717, 1.165) is 6.54 Å². The van der Waals surface area contributed by atoms with Gasteiger partial charge in [0.25, 0.3) is 0 Å². The first-order valence-corrected chi connectivity index (χ1v) is 4.79. The minimum Gasteiger partial charge on any atom is -0.265 e. The normalized spacial score (nSPS) is 10.4. The molecule has 0 spiro atoms. The lowest BCUT2D eigenvalue weighted by atomic mass is 10.1. The zero-order chi connectivity index (χ0) is 9.97. The van der Waals surface area contributed by atoms with E-state index < -0.39 is 0 Å². The van der Waals surface area contributed by atoms with Crippen LogP contribution in [0.2, 0.25) is 0 Å². The van der Waals surface area contributed by atoms with Gasteiger partial charge in [0.05, 0.1) is 6.54 Å². The van der Waals surface area contributed by atoms with E-state index in [1.54, 1.807) is 0 Å². The van der Waals surface area contributed by atoms with Crippen LogP contribution in [0.1, 0.15) is 16.8 Å². The summed E-state index contributed by atoms with van der Waals surface area (Å²) in [6, 6.07) is 10.5. The molecule has 0 fully saturated rings. The summed E-state index contributed by atoms with van der Waals surface area (Å²) in [5, 5.41) is 4.26. The quantitative estimate of drug-likeness (QED) is 0.704. The van der Waals surface area contributed by atoms with E-state index in [4.69, 9.17) is 0 Å². The standard InChI is InChI=1S/C12H14N2/c1-10-4-3-5-12(8-10)9-14-11(2)6-7-13-14/h3-8H,9H2,1-2H3. The fourth-order valence-electron chi connectivity index (χ4n) is 1.55. The Balaban J connectivity index is 2.23. The maximum Gasteiger partial charge on any atom is 0.0662 e. The van der Waals surface area contributed by atoms with Crippen LogP contribution in [-0.4, -0.2) is 9.78 Å². The number of rotatable bonds is 2. The third-order valence-corrected chi connectivity index (χ3v) is 2.34. The van der Waals surface area contributed by atoms with E-state index in [1.165, 1.54) is 16.8 Å². The molecule has 2 rings (SSSR count). The summed E-state index contributed by atoms with van der Waals surface area (Å²) in [6.07, 6.45) is 1.84. The van der Waals surface area contributed by atoms with Crippen LogP contribution in [0.25, 0.3) is 0 Å². The van der Waals surface area contributed by atoms with Gasteiger partial charge in [-0.3, -0.25) is 4.68 Å². The van der Waals surface area contributed by atoms with Crippen LogP contribution >= 0.6 is 0 Å². The zero-order valence-electron chi connectivity index (χ0n) is 8.57. The summed E-state index contributed by atoms with van der Waals surface area (Å²) in [6.45, 7) is 5.04. The summed E-state index contributed by atoms with van der Waals surface area (Å²) in [5.74, 6) is 0. The number of hydrogen-bond donors (Lipinski definition) is 0. The van der Waals surface area contributed by atoms with Crippen molar-refractivity contribution in [3.8, 4) is 0 Å². The Morgan fingerprint density at radius 2 is 2.07 bits per heavy atom. The second-order valence-corrected chi connectivity index (χ2v) is 3.62. The lowest BCUT2D eigenvalue weighted by Crippen LogP contribution is -2.03. The van der Waals surface area contributed by atoms with Crippen LogP contribution in [-0.2, 0) is 6.54 Å². The highest BCUT2D eigenvalue weighted by molar-refractivity contribution is 5.22. The molecule has 1 aromatic carbocycles. The molecule has 1 heterocycles. The van der Waals surface area contributed by atoms with Gasteiger partial charge in [-0.25, -0.2) is 0 Å². The second kappa shape index (κ2) is 3.66. The van der Waals surface area contributed by atoms with Gasteiger partial charge in [-0.1, -0.05) is 29.8 Å². The summed E-state index contributed by atoms with van der Waals surface area (Å²) in [7, 11) is 0. The molecule has 0 atom stereocenters. The fraction of sp³-hybridized carbons (Fsp3) is 0.250. The molecule has 0 N–H and O–H groups in total. The van der Waals surface area contributed by atoms with Crippen LogP contribution in [0.3, 0.4) is 0 Å². The van der Waals surface area contributed by atoms with Gasteiger partial charge in [0, 0.05) is 11.9 Å². The highest BCUT2D eigenvalue weighted by Crippen LogP contribution is 2.07. The van der Waals surface area contributed by atoms with Crippen molar-refractivity contribution in [3.63, 3.8) is 0 Å². The first kappa shape index (κ1) is 9.00. The Morgan fingerprint density at radius 1 is 1.21 bits per heavy atom. The molecule has 2 aromatic rings. The van der Waals surface area contributed by atoms with Crippen molar-refractivity contribution < 1.29 is 0 Å². The molecule has 0 amide bonds. The Bertz CT molecular complexity index is 429. The van der Waals surface area contributed by atoms with Gasteiger partial charge in [-0.15, -0.1) is 0 Å². The summed E-state index contributed by atoms with van der Waals surface area (Å²) >= 11 is 0. The predicted molar refractivity (Wildman–Crippen MR) is 57.2 cm³/mol. The summed E-state index contributed by atoms with van der Waals surface area (Å²) in [5.41, 5.74) is 3.80. The average Bonchev–Trinajstić information content (AvgIpc) is 2.52. The number of benzene rings is 1. The average molecular weight is 186 g/mol. The maximum atomic E-state index is 4.26. The number of aromatic nitrogens is 2. The fourth-order valence-corrected chi connectivity index (χ4v) is 1.55. The monoisotopic (exact) mass is 186 g/mol. The van der Waals surface area contributed by atoms with Crippen molar-refractivity contribution in [2.75, 3.05) is 0 Å². The lowest BCUT2D eigenvalue weighted by molar-refractivity contribution is 0.665. The minimum atomic E-state index is 0.862. The van der Waals surface area contributed by atoms with E-state index in [1.807, 2.05) is 16.9 Å². The molecule has 0 aliphatic rings. The van der Waals surface area contributed by atoms with Gasteiger partial charge in [0.1, 0.15) is 0 Å². The molecule has 2 heteroatoms. The molecule has 0 aliphatic carbocycles. The van der Waals surface area contributed by atoms with Crippen LogP contribution < -0.4 is 0 Å². The van der Waals surface area contributed by atoms with Crippen molar-refractivity contribution in [3.05, 3.63) is 53.3 Å². The lowest BCUT2D eigenvalue weighted by Gasteiger charge is -2.05.